The minimum Gasteiger partial charge on any atom is -0.304 e. The molecule has 1 atom stereocenters. The molecule has 1 unspecified atom stereocenters. The van der Waals surface area contributed by atoms with E-state index >= 15 is 0 Å². The van der Waals surface area contributed by atoms with Crippen LogP contribution in [0.3, 0.4) is 0 Å². The lowest BCUT2D eigenvalue weighted by molar-refractivity contribution is 0.512. The Kier molecular flexibility index (Phi) is 4.08. The average Bonchev–Trinajstić information content (AvgIpc) is 2.97. The van der Waals surface area contributed by atoms with Crippen LogP contribution in [0, 0.1) is 13.8 Å². The van der Waals surface area contributed by atoms with E-state index in [0.29, 0.717) is 6.04 Å². The fourth-order valence-electron chi connectivity index (χ4n) is 2.73. The summed E-state index contributed by atoms with van der Waals surface area (Å²) in [6.45, 7) is 7.29. The van der Waals surface area contributed by atoms with Crippen molar-refractivity contribution in [2.45, 2.75) is 39.8 Å². The van der Waals surface area contributed by atoms with E-state index in [1.807, 2.05) is 0 Å². The second-order valence-corrected chi connectivity index (χ2v) is 6.60. The summed E-state index contributed by atoms with van der Waals surface area (Å²) in [6, 6.07) is 11.0. The molecule has 0 bridgehead atoms. The maximum Gasteiger partial charge on any atom is 0.194 e. The Morgan fingerprint density at radius 1 is 1.24 bits per heavy atom. The number of benzene rings is 1. The molecule has 3 aromatic rings. The summed E-state index contributed by atoms with van der Waals surface area (Å²) in [7, 11) is 0. The highest BCUT2D eigenvalue weighted by atomic mass is 32.1. The maximum atomic E-state index is 4.65. The van der Waals surface area contributed by atoms with E-state index in [1.165, 1.54) is 16.1 Å². The van der Waals surface area contributed by atoms with Gasteiger partial charge in [0.05, 0.1) is 11.4 Å². The smallest absolute Gasteiger partial charge is 0.194 e. The van der Waals surface area contributed by atoms with Crippen LogP contribution in [0.1, 0.15) is 41.2 Å². The first kappa shape index (κ1) is 14.3. The number of hydrogen-bond acceptors (Lipinski definition) is 3. The van der Waals surface area contributed by atoms with Crippen LogP contribution in [0.15, 0.2) is 36.5 Å². The molecule has 0 amide bonds. The molecule has 0 saturated heterocycles. The number of rotatable bonds is 5. The van der Waals surface area contributed by atoms with Crippen molar-refractivity contribution in [3.63, 3.8) is 0 Å². The van der Waals surface area contributed by atoms with Crippen LogP contribution in [-0.4, -0.2) is 9.38 Å². The van der Waals surface area contributed by atoms with Crippen molar-refractivity contribution in [3.05, 3.63) is 58.4 Å². The average molecular weight is 299 g/mol. The monoisotopic (exact) mass is 299 g/mol. The van der Waals surface area contributed by atoms with Gasteiger partial charge in [0, 0.05) is 23.7 Å². The van der Waals surface area contributed by atoms with E-state index in [9.17, 15) is 0 Å². The van der Waals surface area contributed by atoms with Gasteiger partial charge in [0.15, 0.2) is 4.96 Å². The van der Waals surface area contributed by atoms with Crippen molar-refractivity contribution >= 4 is 16.3 Å². The lowest BCUT2D eigenvalue weighted by atomic mass is 10.0. The zero-order chi connectivity index (χ0) is 14.8. The van der Waals surface area contributed by atoms with Crippen molar-refractivity contribution in [2.24, 2.45) is 0 Å². The van der Waals surface area contributed by atoms with Gasteiger partial charge in [0.2, 0.25) is 0 Å². The minimum absolute atomic E-state index is 0.385. The van der Waals surface area contributed by atoms with Crippen molar-refractivity contribution in [1.82, 2.24) is 14.7 Å². The van der Waals surface area contributed by atoms with E-state index in [0.717, 1.165) is 23.6 Å². The van der Waals surface area contributed by atoms with Gasteiger partial charge in [-0.25, -0.2) is 4.98 Å². The summed E-state index contributed by atoms with van der Waals surface area (Å²) in [5.74, 6) is 0. The van der Waals surface area contributed by atoms with Crippen molar-refractivity contribution in [3.8, 4) is 0 Å². The summed E-state index contributed by atoms with van der Waals surface area (Å²) >= 11 is 1.75. The van der Waals surface area contributed by atoms with Gasteiger partial charge in [-0.3, -0.25) is 4.40 Å². The van der Waals surface area contributed by atoms with Gasteiger partial charge in [0.1, 0.15) is 0 Å². The third-order valence-electron chi connectivity index (χ3n) is 3.87. The molecule has 0 saturated carbocycles. The van der Waals surface area contributed by atoms with Crippen LogP contribution >= 0.6 is 11.3 Å². The molecule has 2 aromatic heterocycles. The quantitative estimate of drug-likeness (QED) is 0.763. The van der Waals surface area contributed by atoms with E-state index in [4.69, 9.17) is 0 Å². The molecule has 0 spiro atoms. The maximum absolute atomic E-state index is 4.65. The molecular weight excluding hydrogens is 278 g/mol. The number of thiazole rings is 1. The van der Waals surface area contributed by atoms with Crippen LogP contribution < -0.4 is 5.32 Å². The van der Waals surface area contributed by atoms with E-state index in [1.54, 1.807) is 11.3 Å². The van der Waals surface area contributed by atoms with Crippen molar-refractivity contribution < 1.29 is 0 Å². The summed E-state index contributed by atoms with van der Waals surface area (Å²) in [6.07, 6.45) is 3.26. The molecule has 110 valence electrons. The topological polar surface area (TPSA) is 29.3 Å². The Balaban J connectivity index is 1.80. The zero-order valence-corrected chi connectivity index (χ0v) is 13.6. The standard InChI is InChI=1S/C17H21N3S/c1-4-15(14-8-6-5-7-9-14)18-10-16-13(3)19-17-20(16)11-12(2)21-17/h5-9,11,15,18H,4,10H2,1-3H3. The third-order valence-corrected chi connectivity index (χ3v) is 4.77. The van der Waals surface area contributed by atoms with Crippen LogP contribution in [0.2, 0.25) is 0 Å². The zero-order valence-electron chi connectivity index (χ0n) is 12.8. The Morgan fingerprint density at radius 3 is 2.71 bits per heavy atom. The predicted molar refractivity (Wildman–Crippen MR) is 88.9 cm³/mol. The molecule has 0 aliphatic heterocycles. The molecule has 1 aromatic carbocycles. The number of nitrogens with one attached hydrogen (secondary N) is 1. The largest absolute Gasteiger partial charge is 0.304 e. The molecular formula is C17H21N3S. The second kappa shape index (κ2) is 6.00. The first-order valence-electron chi connectivity index (χ1n) is 7.41. The highest BCUT2D eigenvalue weighted by molar-refractivity contribution is 7.17. The van der Waals surface area contributed by atoms with Crippen molar-refractivity contribution in [2.75, 3.05) is 0 Å². The van der Waals surface area contributed by atoms with Crippen molar-refractivity contribution in [1.29, 1.82) is 0 Å². The molecule has 4 heteroatoms. The third kappa shape index (κ3) is 2.87. The van der Waals surface area contributed by atoms with Crippen LogP contribution in [0.25, 0.3) is 4.96 Å². The second-order valence-electron chi connectivity index (χ2n) is 5.39. The van der Waals surface area contributed by atoms with E-state index < -0.39 is 0 Å². The summed E-state index contributed by atoms with van der Waals surface area (Å²) in [5, 5.41) is 3.67. The fourth-order valence-corrected chi connectivity index (χ4v) is 3.62. The first-order valence-corrected chi connectivity index (χ1v) is 8.23. The van der Waals surface area contributed by atoms with E-state index in [-0.39, 0.29) is 0 Å². The highest BCUT2D eigenvalue weighted by Crippen LogP contribution is 2.22. The molecule has 0 fully saturated rings. The predicted octanol–water partition coefficient (Wildman–Crippen LogP) is 4.25. The van der Waals surface area contributed by atoms with Crippen LogP contribution in [-0.2, 0) is 6.54 Å². The Labute approximate surface area is 129 Å². The van der Waals surface area contributed by atoms with Gasteiger partial charge >= 0.3 is 0 Å². The van der Waals surface area contributed by atoms with Crippen LogP contribution in [0.5, 0.6) is 0 Å². The number of aromatic nitrogens is 2. The first-order chi connectivity index (χ1) is 10.2. The molecule has 0 aliphatic carbocycles. The molecule has 3 nitrogen and oxygen atoms in total. The number of aryl methyl sites for hydroxylation is 2. The Hall–Kier alpha value is -1.65. The number of nitrogens with zero attached hydrogens (tertiary/aromatic N) is 2. The fraction of sp³-hybridized carbons (Fsp3) is 0.353. The molecule has 3 rings (SSSR count). The number of imidazole rings is 1. The number of hydrogen-bond donors (Lipinski definition) is 1. The van der Waals surface area contributed by atoms with Gasteiger partial charge in [-0.2, -0.15) is 0 Å². The SMILES string of the molecule is CCC(NCc1c(C)nc2sc(C)cn12)c1ccccc1. The highest BCUT2D eigenvalue weighted by Gasteiger charge is 2.13. The lowest BCUT2D eigenvalue weighted by Crippen LogP contribution is -2.21. The van der Waals surface area contributed by atoms with Gasteiger partial charge in [-0.1, -0.05) is 37.3 Å². The van der Waals surface area contributed by atoms with E-state index in [2.05, 4.69) is 72.0 Å². The minimum atomic E-state index is 0.385. The molecule has 0 radical (unpaired) electrons. The normalized spacial score (nSPS) is 12.9. The van der Waals surface area contributed by atoms with Crippen LogP contribution in [0.4, 0.5) is 0 Å². The lowest BCUT2D eigenvalue weighted by Gasteiger charge is -2.17. The molecule has 21 heavy (non-hydrogen) atoms. The van der Waals surface area contributed by atoms with Gasteiger partial charge < -0.3 is 5.32 Å². The summed E-state index contributed by atoms with van der Waals surface area (Å²) in [5.41, 5.74) is 3.74. The Morgan fingerprint density at radius 2 is 2.00 bits per heavy atom. The molecule has 0 aliphatic rings. The molecule has 1 N–H and O–H groups in total. The van der Waals surface area contributed by atoms with Gasteiger partial charge in [0.25, 0.3) is 0 Å². The number of fused-ring (bicyclic) bond motifs is 1. The Bertz CT molecular complexity index is 727. The summed E-state index contributed by atoms with van der Waals surface area (Å²) < 4.78 is 2.22. The van der Waals surface area contributed by atoms with Gasteiger partial charge in [-0.05, 0) is 25.8 Å². The summed E-state index contributed by atoms with van der Waals surface area (Å²) in [4.78, 5) is 7.04. The van der Waals surface area contributed by atoms with Gasteiger partial charge in [-0.15, -0.1) is 11.3 Å². The molecule has 2 heterocycles.